The first-order valence-corrected chi connectivity index (χ1v) is 13.2. The van der Waals surface area contributed by atoms with Crippen LogP contribution in [0.4, 0.5) is 0 Å². The molecule has 8 heteroatoms. The van der Waals surface area contributed by atoms with Gasteiger partial charge >= 0.3 is 0 Å². The first kappa shape index (κ1) is 26.9. The third kappa shape index (κ3) is 7.15. The summed E-state index contributed by atoms with van der Waals surface area (Å²) >= 11 is 0. The van der Waals surface area contributed by atoms with Crippen molar-refractivity contribution < 1.29 is 9.05 Å². The predicted molar refractivity (Wildman–Crippen MR) is 149 cm³/mol. The Morgan fingerprint density at radius 3 is 2.37 bits per heavy atom. The van der Waals surface area contributed by atoms with E-state index in [9.17, 15) is 4.21 Å². The Balaban J connectivity index is 1.85. The summed E-state index contributed by atoms with van der Waals surface area (Å²) in [5, 5.41) is 3.46. The molecule has 0 saturated heterocycles. The van der Waals surface area contributed by atoms with Crippen LogP contribution in [0.15, 0.2) is 72.3 Å². The highest BCUT2D eigenvalue weighted by molar-refractivity contribution is 7.85. The lowest BCUT2D eigenvalue weighted by Crippen LogP contribution is -2.21. The summed E-state index contributed by atoms with van der Waals surface area (Å²) in [7, 11) is 1.52. The van der Waals surface area contributed by atoms with Crippen molar-refractivity contribution in [3.8, 4) is 11.3 Å². The summed E-state index contributed by atoms with van der Waals surface area (Å²) in [6.45, 7) is 13.1. The highest BCUT2D eigenvalue weighted by Crippen LogP contribution is 2.24. The smallest absolute Gasteiger partial charge is 0.175 e. The molecule has 0 spiro atoms. The molecule has 0 bridgehead atoms. The molecule has 1 heterocycles. The van der Waals surface area contributed by atoms with E-state index in [-0.39, 0.29) is 5.25 Å². The number of benzene rings is 2. The molecule has 3 rings (SSSR count). The van der Waals surface area contributed by atoms with E-state index in [1.807, 2.05) is 50.2 Å². The Labute approximate surface area is 212 Å². The van der Waals surface area contributed by atoms with Gasteiger partial charge in [0.2, 0.25) is 0 Å². The first-order chi connectivity index (χ1) is 16.7. The molecule has 0 radical (unpaired) electrons. The summed E-state index contributed by atoms with van der Waals surface area (Å²) in [6, 6.07) is 16.1. The van der Waals surface area contributed by atoms with Crippen molar-refractivity contribution in [3.05, 3.63) is 84.2 Å². The maximum absolute atomic E-state index is 12.3. The van der Waals surface area contributed by atoms with Crippen molar-refractivity contribution >= 4 is 36.8 Å². The van der Waals surface area contributed by atoms with Crippen molar-refractivity contribution in [2.24, 2.45) is 5.90 Å². The normalized spacial score (nSPS) is 12.7. The summed E-state index contributed by atoms with van der Waals surface area (Å²) in [6.07, 6.45) is 3.45. The lowest BCUT2D eigenvalue weighted by molar-refractivity contribution is 0.290. The quantitative estimate of drug-likeness (QED) is 0.180. The maximum Gasteiger partial charge on any atom is 0.175 e. The highest BCUT2D eigenvalue weighted by atomic mass is 32.2. The van der Waals surface area contributed by atoms with E-state index in [1.165, 1.54) is 5.56 Å². The number of hydrogen-bond acceptors (Lipinski definition) is 6. The van der Waals surface area contributed by atoms with Gasteiger partial charge in [0.15, 0.2) is 5.76 Å². The summed E-state index contributed by atoms with van der Waals surface area (Å²) < 4.78 is 12.3. The van der Waals surface area contributed by atoms with E-state index in [4.69, 9.17) is 15.7 Å². The van der Waals surface area contributed by atoms with Crippen LogP contribution in [0, 0.1) is 0 Å². The molecule has 0 fully saturated rings. The minimum atomic E-state index is -1.04. The Morgan fingerprint density at radius 1 is 1.14 bits per heavy atom. The minimum absolute atomic E-state index is 0.0547. The van der Waals surface area contributed by atoms with Gasteiger partial charge in [-0.1, -0.05) is 79.9 Å². The van der Waals surface area contributed by atoms with Gasteiger partial charge in [-0.25, -0.2) is 4.98 Å². The molecule has 0 amide bonds. The number of nitrogens with one attached hydrogen (secondary N) is 1. The summed E-state index contributed by atoms with van der Waals surface area (Å²) in [4.78, 5) is 15.2. The molecule has 3 N–H and O–H groups in total. The number of rotatable bonds is 10. The zero-order chi connectivity index (χ0) is 25.5. The zero-order valence-electron chi connectivity index (χ0n) is 20.6. The third-order valence-electron chi connectivity index (χ3n) is 5.32. The zero-order valence-corrected chi connectivity index (χ0v) is 22.6. The molecule has 6 nitrogen and oxygen atoms in total. The average molecular weight is 509 g/mol. The minimum Gasteiger partial charge on any atom is -0.409 e. The molecule has 2 aromatic carbocycles. The van der Waals surface area contributed by atoms with Gasteiger partial charge in [-0.2, -0.15) is 5.90 Å². The Bertz CT molecular complexity index is 1220. The number of allylic oxidation sites excluding steroid dienone is 2. The van der Waals surface area contributed by atoms with Gasteiger partial charge in [-0.05, 0) is 34.9 Å². The second-order valence-corrected chi connectivity index (χ2v) is 11.3. The number of hydrogen-bond donors (Lipinski definition) is 2. The largest absolute Gasteiger partial charge is 0.409 e. The topological polar surface area (TPSA) is 90.1 Å². The van der Waals surface area contributed by atoms with E-state index in [2.05, 4.69) is 52.1 Å². The second kappa shape index (κ2) is 12.3. The fraction of sp³-hybridized carbons (Fsp3) is 0.259. The van der Waals surface area contributed by atoms with E-state index in [0.29, 0.717) is 28.6 Å². The fourth-order valence-corrected chi connectivity index (χ4v) is 4.54. The van der Waals surface area contributed by atoms with Crippen LogP contribution >= 0.6 is 9.24 Å². The molecular weight excluding hydrogens is 475 g/mol. The number of aromatic nitrogens is 2. The van der Waals surface area contributed by atoms with Crippen molar-refractivity contribution in [1.82, 2.24) is 15.3 Å². The molecule has 0 saturated carbocycles. The predicted octanol–water partition coefficient (Wildman–Crippen LogP) is 4.60. The van der Waals surface area contributed by atoms with E-state index < -0.39 is 10.8 Å². The van der Waals surface area contributed by atoms with Gasteiger partial charge < -0.3 is 10.2 Å². The van der Waals surface area contributed by atoms with Gasteiger partial charge in [0.05, 0.1) is 28.1 Å². The van der Waals surface area contributed by atoms with Crippen molar-refractivity contribution in [1.29, 1.82) is 0 Å². The second-order valence-electron chi connectivity index (χ2n) is 8.74. The van der Waals surface area contributed by atoms with E-state index in [1.54, 1.807) is 12.3 Å². The van der Waals surface area contributed by atoms with Crippen LogP contribution in [0.1, 0.15) is 44.5 Å². The molecule has 1 unspecified atom stereocenters. The number of nitrogens with zero attached hydrogens (tertiary/aromatic N) is 2. The summed E-state index contributed by atoms with van der Waals surface area (Å²) in [5.41, 5.74) is 5.51. The highest BCUT2D eigenvalue weighted by Gasteiger charge is 2.14. The van der Waals surface area contributed by atoms with Crippen molar-refractivity contribution in [2.75, 3.05) is 0 Å². The molecule has 184 valence electrons. The molecule has 0 aliphatic heterocycles. The molecule has 2 atom stereocenters. The Kier molecular flexibility index (Phi) is 9.47. The molecule has 0 aliphatic rings. The fourth-order valence-electron chi connectivity index (χ4n) is 3.31. The van der Waals surface area contributed by atoms with Crippen LogP contribution in [0.2, 0.25) is 0 Å². The lowest BCUT2D eigenvalue weighted by Gasteiger charge is -2.12. The lowest BCUT2D eigenvalue weighted by atomic mass is 10.0. The van der Waals surface area contributed by atoms with Crippen LogP contribution in [-0.4, -0.2) is 25.5 Å². The molecule has 1 aromatic heterocycles. The average Bonchev–Trinajstić information content (AvgIpc) is 2.86. The maximum atomic E-state index is 12.3. The third-order valence-corrected chi connectivity index (χ3v) is 7.33. The van der Waals surface area contributed by atoms with Gasteiger partial charge in [0.25, 0.3) is 0 Å². The number of nitrogens with two attached hydrogens (primary N) is 1. The van der Waals surface area contributed by atoms with E-state index in [0.717, 1.165) is 28.1 Å². The molecule has 35 heavy (non-hydrogen) atoms. The molecule has 0 aliphatic carbocycles. The van der Waals surface area contributed by atoms with Crippen LogP contribution in [0.3, 0.4) is 0 Å². The van der Waals surface area contributed by atoms with Gasteiger partial charge in [0, 0.05) is 28.3 Å². The molecular formula is C27H33N4O2PS. The SMILES string of the molecule is C=C(/C=C(\ON)c1nc(-c2ccc([S@@](=O)C(C)C)cc2)cnc1P)c1ccc(CNC(C)C)cc1. The van der Waals surface area contributed by atoms with Crippen LogP contribution < -0.4 is 16.6 Å². The van der Waals surface area contributed by atoms with Gasteiger partial charge in [0.1, 0.15) is 5.69 Å². The van der Waals surface area contributed by atoms with E-state index >= 15 is 0 Å². The molecule has 3 aromatic rings. The monoisotopic (exact) mass is 508 g/mol. The van der Waals surface area contributed by atoms with Crippen molar-refractivity contribution in [3.63, 3.8) is 0 Å². The Hall–Kier alpha value is -2.70. The standard InChI is InChI=1S/C27H33N4O2PS/c1-17(2)29-15-20-6-8-21(9-7-20)19(5)14-25(33-28)26-27(34)30-16-24(31-26)22-10-12-23(13-11-22)35(32)18(3)4/h6-14,16-18,29H,5,15,28,34H2,1-4H3/b25-14-/t35-/m0/s1. The van der Waals surface area contributed by atoms with Gasteiger partial charge in [-0.3, -0.25) is 9.19 Å². The first-order valence-electron chi connectivity index (χ1n) is 11.4. The van der Waals surface area contributed by atoms with Gasteiger partial charge in [-0.15, -0.1) is 0 Å². The van der Waals surface area contributed by atoms with Crippen molar-refractivity contribution in [2.45, 2.75) is 50.4 Å². The van der Waals surface area contributed by atoms with Crippen LogP contribution in [0.5, 0.6) is 0 Å². The summed E-state index contributed by atoms with van der Waals surface area (Å²) in [5.74, 6) is 5.99. The van der Waals surface area contributed by atoms with Crippen LogP contribution in [0.25, 0.3) is 22.6 Å². The van der Waals surface area contributed by atoms with Crippen LogP contribution in [-0.2, 0) is 22.2 Å². The Morgan fingerprint density at radius 2 is 1.80 bits per heavy atom.